The number of rotatable bonds is 5. The van der Waals surface area contributed by atoms with Crippen molar-refractivity contribution in [2.75, 3.05) is 44.2 Å². The number of thiophene rings is 1. The third-order valence-electron chi connectivity index (χ3n) is 7.34. The normalized spacial score (nSPS) is 21.3. The number of carbonyl (C=O) groups is 1. The van der Waals surface area contributed by atoms with Crippen molar-refractivity contribution in [1.82, 2.24) is 18.8 Å². The predicted octanol–water partition coefficient (Wildman–Crippen LogP) is 3.44. The fourth-order valence-electron chi connectivity index (χ4n) is 5.60. The number of aryl methyl sites for hydroxylation is 1. The van der Waals surface area contributed by atoms with Crippen LogP contribution in [0.2, 0.25) is 5.02 Å². The number of halogens is 1. The second kappa shape index (κ2) is 10.6. The molecular weight excluding hydrogens is 546 g/mol. The number of hydrogen-bond donors (Lipinski definition) is 0. The zero-order valence-corrected chi connectivity index (χ0v) is 24.2. The monoisotopic (exact) mass is 577 g/mol. The number of carbonyl (C=O) groups excluding carboxylic acids is 1. The van der Waals surface area contributed by atoms with Crippen molar-refractivity contribution in [3.05, 3.63) is 50.8 Å². The van der Waals surface area contributed by atoms with Gasteiger partial charge >= 0.3 is 0 Å². The fourth-order valence-corrected chi connectivity index (χ4v) is 9.13. The van der Waals surface area contributed by atoms with Gasteiger partial charge in [-0.15, -0.1) is 11.3 Å². The highest BCUT2D eigenvalue weighted by molar-refractivity contribution is 7.89. The molecule has 0 spiro atoms. The number of fused-ring (bicyclic) bond motifs is 1. The van der Waals surface area contributed by atoms with Crippen LogP contribution in [0, 0.1) is 18.8 Å². The molecule has 12 heteroatoms. The molecule has 0 aliphatic carbocycles. The summed E-state index contributed by atoms with van der Waals surface area (Å²) in [6.45, 7) is 8.80. The van der Waals surface area contributed by atoms with Gasteiger partial charge in [0.05, 0.1) is 11.7 Å². The molecule has 2 aromatic heterocycles. The Bertz CT molecular complexity index is 1520. The molecule has 2 atom stereocenters. The molecule has 2 fully saturated rings. The molecule has 2 aliphatic rings. The summed E-state index contributed by atoms with van der Waals surface area (Å²) in [6, 6.07) is 7.62. The summed E-state index contributed by atoms with van der Waals surface area (Å²) in [4.78, 5) is 35.9. The number of anilines is 1. The summed E-state index contributed by atoms with van der Waals surface area (Å²) >= 11 is 7.32. The van der Waals surface area contributed by atoms with Crippen LogP contribution in [0.4, 0.5) is 5.69 Å². The van der Waals surface area contributed by atoms with Crippen LogP contribution in [0.25, 0.3) is 10.2 Å². The van der Waals surface area contributed by atoms with E-state index in [0.717, 1.165) is 12.1 Å². The average molecular weight is 578 g/mol. The summed E-state index contributed by atoms with van der Waals surface area (Å²) in [5.74, 6) is 0.282. The first-order chi connectivity index (χ1) is 18.0. The van der Waals surface area contributed by atoms with E-state index in [4.69, 9.17) is 11.6 Å². The van der Waals surface area contributed by atoms with E-state index in [1.54, 1.807) is 11.8 Å². The third kappa shape index (κ3) is 5.21. The van der Waals surface area contributed by atoms with E-state index < -0.39 is 15.6 Å². The van der Waals surface area contributed by atoms with Crippen LogP contribution in [0.1, 0.15) is 25.1 Å². The van der Waals surface area contributed by atoms with Gasteiger partial charge in [-0.2, -0.15) is 4.31 Å². The largest absolute Gasteiger partial charge is 0.368 e. The molecule has 4 heterocycles. The molecule has 38 heavy (non-hydrogen) atoms. The Labute approximate surface area is 231 Å². The minimum Gasteiger partial charge on any atom is -0.368 e. The summed E-state index contributed by atoms with van der Waals surface area (Å²) in [5.41, 5.74) is 0.511. The second-order valence-corrected chi connectivity index (χ2v) is 14.0. The van der Waals surface area contributed by atoms with Crippen LogP contribution in [0.5, 0.6) is 0 Å². The summed E-state index contributed by atoms with van der Waals surface area (Å²) in [6.07, 6.45) is 2.32. The van der Waals surface area contributed by atoms with Gasteiger partial charge in [0.25, 0.3) is 5.56 Å². The lowest BCUT2D eigenvalue weighted by atomic mass is 9.94. The molecule has 2 aliphatic heterocycles. The number of benzene rings is 1. The Morgan fingerprint density at radius 2 is 1.82 bits per heavy atom. The summed E-state index contributed by atoms with van der Waals surface area (Å²) in [5, 5.41) is 0.747. The molecule has 0 N–H and O–H groups in total. The smallest absolute Gasteiger partial charge is 0.263 e. The summed E-state index contributed by atoms with van der Waals surface area (Å²) < 4.78 is 30.2. The van der Waals surface area contributed by atoms with Gasteiger partial charge < -0.3 is 9.80 Å². The highest BCUT2D eigenvalue weighted by atomic mass is 35.5. The first kappa shape index (κ1) is 27.1. The minimum absolute atomic E-state index is 0.0354. The quantitative estimate of drug-likeness (QED) is 0.461. The highest BCUT2D eigenvalue weighted by Gasteiger charge is 2.36. The van der Waals surface area contributed by atoms with Gasteiger partial charge in [-0.25, -0.2) is 13.4 Å². The topological polar surface area (TPSA) is 95.8 Å². The van der Waals surface area contributed by atoms with E-state index in [1.165, 1.54) is 26.5 Å². The maximum absolute atomic E-state index is 13.7. The molecule has 1 amide bonds. The Morgan fingerprint density at radius 1 is 1.13 bits per heavy atom. The van der Waals surface area contributed by atoms with Crippen molar-refractivity contribution < 1.29 is 13.2 Å². The molecule has 0 radical (unpaired) electrons. The fraction of sp³-hybridized carbons (Fsp3) is 0.500. The Kier molecular flexibility index (Phi) is 7.56. The number of nitrogens with zero attached hydrogens (tertiary/aromatic N) is 5. The zero-order valence-electron chi connectivity index (χ0n) is 21.8. The molecule has 0 saturated carbocycles. The first-order valence-corrected chi connectivity index (χ1v) is 15.4. The van der Waals surface area contributed by atoms with Crippen molar-refractivity contribution in [3.63, 3.8) is 0 Å². The number of piperazine rings is 1. The minimum atomic E-state index is -3.89. The molecule has 0 bridgehead atoms. The van der Waals surface area contributed by atoms with Crippen molar-refractivity contribution in [2.24, 2.45) is 11.8 Å². The Hall–Kier alpha value is -2.47. The van der Waals surface area contributed by atoms with Crippen LogP contribution in [0.15, 0.2) is 40.3 Å². The van der Waals surface area contributed by atoms with E-state index in [1.807, 2.05) is 38.1 Å². The molecule has 2 saturated heterocycles. The molecule has 3 aromatic rings. The van der Waals surface area contributed by atoms with Gasteiger partial charge in [-0.05, 0) is 43.4 Å². The predicted molar refractivity (Wildman–Crippen MR) is 151 cm³/mol. The van der Waals surface area contributed by atoms with Gasteiger partial charge in [0, 0.05) is 54.9 Å². The highest BCUT2D eigenvalue weighted by Crippen LogP contribution is 2.35. The van der Waals surface area contributed by atoms with Crippen LogP contribution < -0.4 is 10.5 Å². The molecule has 1 aromatic carbocycles. The lowest BCUT2D eigenvalue weighted by Crippen LogP contribution is -2.50. The lowest BCUT2D eigenvalue weighted by Gasteiger charge is -2.36. The number of sulfonamides is 1. The molecule has 9 nitrogen and oxygen atoms in total. The van der Waals surface area contributed by atoms with Crippen molar-refractivity contribution >= 4 is 54.8 Å². The van der Waals surface area contributed by atoms with Crippen molar-refractivity contribution in [1.29, 1.82) is 0 Å². The van der Waals surface area contributed by atoms with Gasteiger partial charge in [-0.1, -0.05) is 31.5 Å². The Morgan fingerprint density at radius 3 is 2.47 bits per heavy atom. The van der Waals surface area contributed by atoms with E-state index >= 15 is 0 Å². The van der Waals surface area contributed by atoms with Gasteiger partial charge in [0.15, 0.2) is 0 Å². The zero-order chi connectivity index (χ0) is 27.2. The van der Waals surface area contributed by atoms with E-state index in [2.05, 4.69) is 9.88 Å². The number of amides is 1. The molecule has 204 valence electrons. The van der Waals surface area contributed by atoms with Gasteiger partial charge in [0.1, 0.15) is 16.3 Å². The van der Waals surface area contributed by atoms with Crippen molar-refractivity contribution in [2.45, 2.75) is 38.6 Å². The standard InChI is InChI=1S/C26H32ClN5O4S2/c1-17-11-18(2)14-32(13-17)38(35,36)24-19(3)37-25-23(24)26(34)31(16-28-25)15-22(33)30-9-7-29(8-10-30)21-6-4-5-20(27)12-21/h4-6,12,16-18H,7-11,13-15H2,1-3H3/t17-,18-/m1/s1. The number of hydrogen-bond acceptors (Lipinski definition) is 7. The number of aromatic nitrogens is 2. The molecule has 5 rings (SSSR count). The maximum Gasteiger partial charge on any atom is 0.263 e. The van der Waals surface area contributed by atoms with Gasteiger partial charge in [0.2, 0.25) is 15.9 Å². The van der Waals surface area contributed by atoms with Crippen LogP contribution in [0.3, 0.4) is 0 Å². The summed E-state index contributed by atoms with van der Waals surface area (Å²) in [7, 11) is -3.89. The second-order valence-electron chi connectivity index (χ2n) is 10.5. The first-order valence-electron chi connectivity index (χ1n) is 12.8. The number of piperidine rings is 1. The molecular formula is C26H32ClN5O4S2. The maximum atomic E-state index is 13.7. The Balaban J connectivity index is 1.37. The van der Waals surface area contributed by atoms with Crippen LogP contribution >= 0.6 is 22.9 Å². The SMILES string of the molecule is Cc1sc2ncn(CC(=O)N3CCN(c4cccc(Cl)c4)CC3)c(=O)c2c1S(=O)(=O)N1C[C@H](C)C[C@@H](C)C1. The molecule has 0 unspecified atom stereocenters. The average Bonchev–Trinajstić information content (AvgIpc) is 3.22. The third-order valence-corrected chi connectivity index (χ3v) is 10.7. The van der Waals surface area contributed by atoms with E-state index in [9.17, 15) is 18.0 Å². The van der Waals surface area contributed by atoms with E-state index in [0.29, 0.717) is 54.0 Å². The van der Waals surface area contributed by atoms with Crippen LogP contribution in [-0.2, 0) is 21.4 Å². The van der Waals surface area contributed by atoms with Gasteiger partial charge in [-0.3, -0.25) is 14.2 Å². The van der Waals surface area contributed by atoms with Crippen molar-refractivity contribution in [3.8, 4) is 0 Å². The van der Waals surface area contributed by atoms with E-state index in [-0.39, 0.29) is 34.6 Å². The lowest BCUT2D eigenvalue weighted by molar-refractivity contribution is -0.132. The van der Waals surface area contributed by atoms with Crippen LogP contribution in [-0.4, -0.2) is 72.3 Å².